The number of carbonyl (C=O) groups is 3. The maximum atomic E-state index is 13.1. The van der Waals surface area contributed by atoms with Gasteiger partial charge in [-0.3, -0.25) is 14.4 Å². The molecule has 200 valence electrons. The zero-order valence-electron chi connectivity index (χ0n) is 22.8. The molecule has 0 saturated heterocycles. The quantitative estimate of drug-likeness (QED) is 0.227. The van der Waals surface area contributed by atoms with Crippen LogP contribution < -0.4 is 26.0 Å². The van der Waals surface area contributed by atoms with Crippen LogP contribution in [-0.4, -0.2) is 80.1 Å². The van der Waals surface area contributed by atoms with Crippen molar-refractivity contribution in [3.8, 4) is 17.0 Å². The number of pyridine rings is 1. The smallest absolute Gasteiger partial charge is 0.253 e. The van der Waals surface area contributed by atoms with Gasteiger partial charge < -0.3 is 26.0 Å². The lowest BCUT2D eigenvalue weighted by atomic mass is 9.49. The number of amides is 3. The summed E-state index contributed by atoms with van der Waals surface area (Å²) in [6.45, 7) is 2.28. The van der Waals surface area contributed by atoms with Crippen LogP contribution in [0.25, 0.3) is 11.3 Å². The first-order chi connectivity index (χ1) is 18.5. The maximum absolute atomic E-state index is 13.1. The minimum atomic E-state index is -0.462. The van der Waals surface area contributed by atoms with Gasteiger partial charge in [0.25, 0.3) is 5.91 Å². The van der Waals surface area contributed by atoms with Crippen LogP contribution in [0.2, 0.25) is 0 Å². The zero-order valence-corrected chi connectivity index (χ0v) is 22.8. The van der Waals surface area contributed by atoms with Crippen LogP contribution in [-0.2, 0) is 16.1 Å². The molecule has 0 atom stereocenters. The van der Waals surface area contributed by atoms with Crippen LogP contribution in [0.1, 0.15) is 30.1 Å². The fourth-order valence-corrected chi connectivity index (χ4v) is 3.85. The van der Waals surface area contributed by atoms with E-state index in [1.807, 2.05) is 41.7 Å². The van der Waals surface area contributed by atoms with Crippen molar-refractivity contribution in [3.63, 3.8) is 0 Å². The van der Waals surface area contributed by atoms with E-state index in [2.05, 4.69) is 36.4 Å². The standard InChI is InChI=1S/C24H31B3N8O4/c1-13(36)28-8-9-35-30-12-19(34-35)15-4-3-5-17(21(15)39-2)31-18-10-20(32-22(37)14-6-7-14)29-11-16(18)23(38)33-24(25,26)27/h3-5,10-12,14H,6-9,25-27H2,1-2H3,(H,28,36)(H,33,38)(H2,29,31,32,37). The van der Waals surface area contributed by atoms with Crippen LogP contribution in [0.4, 0.5) is 17.2 Å². The molecular formula is C24H31B3N8O4. The third-order valence-corrected chi connectivity index (χ3v) is 5.82. The monoisotopic (exact) mass is 528 g/mol. The second kappa shape index (κ2) is 11.6. The molecule has 1 fully saturated rings. The van der Waals surface area contributed by atoms with Gasteiger partial charge in [0.05, 0.1) is 36.8 Å². The summed E-state index contributed by atoms with van der Waals surface area (Å²) in [4.78, 5) is 42.4. The van der Waals surface area contributed by atoms with Crippen LogP contribution >= 0.6 is 0 Å². The molecule has 0 unspecified atom stereocenters. The summed E-state index contributed by atoms with van der Waals surface area (Å²) in [5.41, 5.74) is 2.61. The molecule has 1 aliphatic rings. The molecule has 3 aromatic rings. The van der Waals surface area contributed by atoms with Crippen molar-refractivity contribution in [1.29, 1.82) is 0 Å². The predicted octanol–water partition coefficient (Wildman–Crippen LogP) is -1.18. The van der Waals surface area contributed by atoms with E-state index < -0.39 is 5.24 Å². The summed E-state index contributed by atoms with van der Waals surface area (Å²) in [6, 6.07) is 7.15. The highest BCUT2D eigenvalue weighted by atomic mass is 16.5. The third-order valence-electron chi connectivity index (χ3n) is 5.82. The minimum absolute atomic E-state index is 0.00973. The number of para-hydroxylation sites is 1. The Morgan fingerprint density at radius 3 is 2.59 bits per heavy atom. The van der Waals surface area contributed by atoms with Crippen molar-refractivity contribution < 1.29 is 19.1 Å². The first kappa shape index (κ1) is 27.7. The Bertz CT molecular complexity index is 1390. The minimum Gasteiger partial charge on any atom is -0.494 e. The maximum Gasteiger partial charge on any atom is 0.253 e. The lowest BCUT2D eigenvalue weighted by Crippen LogP contribution is -2.50. The summed E-state index contributed by atoms with van der Waals surface area (Å²) in [5.74, 6) is 0.337. The molecule has 39 heavy (non-hydrogen) atoms. The van der Waals surface area contributed by atoms with Gasteiger partial charge in [-0.05, 0) is 30.2 Å². The number of carbonyl (C=O) groups excluding carboxylic acids is 3. The highest BCUT2D eigenvalue weighted by Crippen LogP contribution is 2.38. The number of rotatable bonds is 11. The average Bonchev–Trinajstić information content (AvgIpc) is 3.61. The summed E-state index contributed by atoms with van der Waals surface area (Å²) in [6.07, 6.45) is 4.80. The van der Waals surface area contributed by atoms with Crippen molar-refractivity contribution in [2.75, 3.05) is 24.3 Å². The average molecular weight is 528 g/mol. The van der Waals surface area contributed by atoms with Crippen LogP contribution in [0, 0.1) is 5.92 Å². The van der Waals surface area contributed by atoms with Gasteiger partial charge in [0.1, 0.15) is 35.1 Å². The number of hydrogen-bond donors (Lipinski definition) is 4. The van der Waals surface area contributed by atoms with E-state index in [-0.39, 0.29) is 23.6 Å². The molecule has 1 aromatic carbocycles. The largest absolute Gasteiger partial charge is 0.494 e. The molecule has 15 heteroatoms. The normalized spacial score (nSPS) is 12.9. The molecule has 0 radical (unpaired) electrons. The topological polar surface area (TPSA) is 152 Å². The van der Waals surface area contributed by atoms with E-state index in [1.54, 1.807) is 19.4 Å². The van der Waals surface area contributed by atoms with Crippen LogP contribution in [0.3, 0.4) is 0 Å². The molecule has 0 aliphatic heterocycles. The predicted molar refractivity (Wildman–Crippen MR) is 155 cm³/mol. The number of benzene rings is 1. The molecule has 2 aromatic heterocycles. The fraction of sp³-hybridized carbons (Fsp3) is 0.333. The molecule has 1 saturated carbocycles. The molecule has 12 nitrogen and oxygen atoms in total. The number of hydrogen-bond acceptors (Lipinski definition) is 8. The van der Waals surface area contributed by atoms with E-state index in [4.69, 9.17) is 4.74 Å². The van der Waals surface area contributed by atoms with E-state index in [0.717, 1.165) is 12.8 Å². The van der Waals surface area contributed by atoms with Gasteiger partial charge in [0, 0.05) is 37.2 Å². The Hall–Kier alpha value is -4.29. The number of anilines is 3. The SMILES string of the molecule is BC(B)(B)NC(=O)c1cnc(NC(=O)C2CC2)cc1Nc1cccc(-c2cnn(CCNC(C)=O)n2)c1OC. The third kappa shape index (κ3) is 7.40. The van der Waals surface area contributed by atoms with Crippen LogP contribution in [0.15, 0.2) is 36.7 Å². The zero-order chi connectivity index (χ0) is 28.2. The van der Waals surface area contributed by atoms with Crippen molar-refractivity contribution in [2.45, 2.75) is 31.5 Å². The molecular weight excluding hydrogens is 497 g/mol. The van der Waals surface area contributed by atoms with Gasteiger partial charge in [0.2, 0.25) is 11.8 Å². The number of nitrogens with zero attached hydrogens (tertiary/aromatic N) is 4. The van der Waals surface area contributed by atoms with Crippen LogP contribution in [0.5, 0.6) is 5.75 Å². The highest BCUT2D eigenvalue weighted by Gasteiger charge is 2.30. The lowest BCUT2D eigenvalue weighted by molar-refractivity contribution is -0.119. The van der Waals surface area contributed by atoms with E-state index in [1.165, 1.54) is 17.9 Å². The van der Waals surface area contributed by atoms with Crippen molar-refractivity contribution >= 4 is 58.5 Å². The summed E-state index contributed by atoms with van der Waals surface area (Å²) in [5, 5.41) is 20.2. The van der Waals surface area contributed by atoms with Crippen molar-refractivity contribution in [3.05, 3.63) is 42.2 Å². The Labute approximate surface area is 229 Å². The number of ether oxygens (including phenoxy) is 1. The first-order valence-electron chi connectivity index (χ1n) is 12.8. The summed E-state index contributed by atoms with van der Waals surface area (Å²) < 4.78 is 5.76. The highest BCUT2D eigenvalue weighted by molar-refractivity contribution is 6.60. The second-order valence-electron chi connectivity index (χ2n) is 10.4. The Balaban J connectivity index is 1.65. The molecule has 1 aliphatic carbocycles. The number of aromatic nitrogens is 4. The molecule has 4 rings (SSSR count). The van der Waals surface area contributed by atoms with E-state index in [9.17, 15) is 14.4 Å². The van der Waals surface area contributed by atoms with Gasteiger partial charge >= 0.3 is 0 Å². The molecule has 0 spiro atoms. The van der Waals surface area contributed by atoms with Crippen molar-refractivity contribution in [1.82, 2.24) is 30.6 Å². The van der Waals surface area contributed by atoms with Gasteiger partial charge in [-0.2, -0.15) is 15.0 Å². The fourth-order valence-electron chi connectivity index (χ4n) is 3.85. The van der Waals surface area contributed by atoms with Crippen molar-refractivity contribution in [2.24, 2.45) is 5.92 Å². The lowest BCUT2D eigenvalue weighted by Gasteiger charge is -2.22. The van der Waals surface area contributed by atoms with Gasteiger partial charge in [0.15, 0.2) is 5.75 Å². The van der Waals surface area contributed by atoms with E-state index in [0.29, 0.717) is 52.9 Å². The van der Waals surface area contributed by atoms with E-state index >= 15 is 0 Å². The molecule has 0 bridgehead atoms. The summed E-state index contributed by atoms with van der Waals surface area (Å²) >= 11 is 0. The van der Waals surface area contributed by atoms with Gasteiger partial charge in [-0.15, -0.1) is 0 Å². The number of methoxy groups -OCH3 is 1. The Morgan fingerprint density at radius 2 is 1.92 bits per heavy atom. The van der Waals surface area contributed by atoms with Gasteiger partial charge in [-0.25, -0.2) is 4.98 Å². The Morgan fingerprint density at radius 1 is 1.15 bits per heavy atom. The molecule has 3 amide bonds. The molecule has 4 N–H and O–H groups in total. The Kier molecular flexibility index (Phi) is 8.27. The molecule has 2 heterocycles. The van der Waals surface area contributed by atoms with Gasteiger partial charge in [-0.1, -0.05) is 6.07 Å². The second-order valence-corrected chi connectivity index (χ2v) is 10.4. The first-order valence-corrected chi connectivity index (χ1v) is 12.8. The summed E-state index contributed by atoms with van der Waals surface area (Å²) in [7, 11) is 7.23. The number of nitrogens with one attached hydrogen (secondary N) is 4.